The maximum atomic E-state index is 12.4. The molecule has 4 heterocycles. The van der Waals surface area contributed by atoms with E-state index in [2.05, 4.69) is 31.8 Å². The fourth-order valence-corrected chi connectivity index (χ4v) is 3.81. The first-order chi connectivity index (χ1) is 15.6. The van der Waals surface area contributed by atoms with Crippen LogP contribution in [0.3, 0.4) is 0 Å². The number of hydrogen-bond acceptors (Lipinski definition) is 7. The van der Waals surface area contributed by atoms with Gasteiger partial charge in [0.15, 0.2) is 5.69 Å². The molecule has 3 aromatic rings. The molecule has 0 amide bonds. The number of carboxylic acids is 1. The van der Waals surface area contributed by atoms with Gasteiger partial charge in [-0.3, -0.25) is 9.58 Å². The van der Waals surface area contributed by atoms with Crippen molar-refractivity contribution < 1.29 is 32.6 Å². The zero-order valence-corrected chi connectivity index (χ0v) is 18.4. The maximum Gasteiger partial charge on any atom is 0.490 e. The summed E-state index contributed by atoms with van der Waals surface area (Å²) in [7, 11) is 1.85. The molecule has 0 saturated carbocycles. The van der Waals surface area contributed by atoms with Crippen molar-refractivity contribution in [3.05, 3.63) is 53.0 Å². The standard InChI is InChI=1S/C18H21N5O2S.C2HF3O2/c1-21-10-15(8-20-21)23-11-17(19-13-23)18(24)25-16-2-5-22(6-3-16)9-14-4-7-26-12-14;3-2(4,5)1(6)7/h4,7-8,10-13,16H,2-3,5-6,9H2,1H3;(H,6,7). The van der Waals surface area contributed by atoms with Crippen LogP contribution in [0, 0.1) is 0 Å². The Bertz CT molecular complexity index is 1060. The number of rotatable bonds is 5. The van der Waals surface area contributed by atoms with Crippen LogP contribution in [0.4, 0.5) is 13.2 Å². The molecule has 33 heavy (non-hydrogen) atoms. The number of alkyl halides is 3. The molecule has 0 radical (unpaired) electrons. The van der Waals surface area contributed by atoms with Gasteiger partial charge in [0.05, 0.1) is 11.9 Å². The fourth-order valence-electron chi connectivity index (χ4n) is 3.15. The number of aromatic nitrogens is 4. The van der Waals surface area contributed by atoms with Crippen molar-refractivity contribution in [2.75, 3.05) is 13.1 Å². The van der Waals surface area contributed by atoms with Crippen molar-refractivity contribution >= 4 is 23.3 Å². The van der Waals surface area contributed by atoms with Gasteiger partial charge in [-0.15, -0.1) is 0 Å². The van der Waals surface area contributed by atoms with Gasteiger partial charge in [0.25, 0.3) is 0 Å². The van der Waals surface area contributed by atoms with Crippen molar-refractivity contribution in [2.45, 2.75) is 31.7 Å². The zero-order chi connectivity index (χ0) is 24.0. The number of ether oxygens (including phenoxy) is 1. The highest BCUT2D eigenvalue weighted by atomic mass is 32.1. The van der Waals surface area contributed by atoms with E-state index in [9.17, 15) is 18.0 Å². The van der Waals surface area contributed by atoms with Crippen molar-refractivity contribution in [1.82, 2.24) is 24.2 Å². The lowest BCUT2D eigenvalue weighted by atomic mass is 10.1. The molecule has 0 unspecified atom stereocenters. The molecular formula is C20H22F3N5O4S. The van der Waals surface area contributed by atoms with E-state index in [4.69, 9.17) is 14.6 Å². The quantitative estimate of drug-likeness (QED) is 0.554. The Hall–Kier alpha value is -3.19. The average Bonchev–Trinajstić information content (AvgIpc) is 3.51. The molecular weight excluding hydrogens is 463 g/mol. The maximum absolute atomic E-state index is 12.4. The molecule has 0 spiro atoms. The third-order valence-corrected chi connectivity index (χ3v) is 5.55. The SMILES string of the molecule is Cn1cc(-n2cnc(C(=O)OC3CCN(Cc4ccsc4)CC3)c2)cn1.O=C(O)C(F)(F)F. The number of carboxylic acid groups (broad SMARTS) is 1. The summed E-state index contributed by atoms with van der Waals surface area (Å²) in [5, 5.41) is 15.5. The van der Waals surface area contributed by atoms with E-state index in [1.807, 2.05) is 13.2 Å². The van der Waals surface area contributed by atoms with Gasteiger partial charge >= 0.3 is 18.1 Å². The number of piperidine rings is 1. The number of nitrogens with zero attached hydrogens (tertiary/aromatic N) is 5. The van der Waals surface area contributed by atoms with Crippen LogP contribution in [0.2, 0.25) is 0 Å². The first kappa shape index (κ1) is 24.5. The molecule has 4 rings (SSSR count). The van der Waals surface area contributed by atoms with Crippen LogP contribution >= 0.6 is 11.3 Å². The summed E-state index contributed by atoms with van der Waals surface area (Å²) in [4.78, 5) is 27.8. The molecule has 1 N–H and O–H groups in total. The van der Waals surface area contributed by atoms with Crippen molar-refractivity contribution in [1.29, 1.82) is 0 Å². The predicted molar refractivity (Wildman–Crippen MR) is 112 cm³/mol. The van der Waals surface area contributed by atoms with Crippen LogP contribution in [-0.4, -0.2) is 66.6 Å². The summed E-state index contributed by atoms with van der Waals surface area (Å²) in [6.45, 7) is 2.86. The lowest BCUT2D eigenvalue weighted by Gasteiger charge is -2.31. The van der Waals surface area contributed by atoms with Crippen LogP contribution in [0.15, 0.2) is 41.7 Å². The Morgan fingerprint density at radius 1 is 1.27 bits per heavy atom. The largest absolute Gasteiger partial charge is 0.490 e. The molecule has 13 heteroatoms. The molecule has 0 aliphatic carbocycles. The fraction of sp³-hybridized carbons (Fsp3) is 0.400. The van der Waals surface area contributed by atoms with E-state index < -0.39 is 12.1 Å². The number of esters is 1. The van der Waals surface area contributed by atoms with Gasteiger partial charge in [-0.1, -0.05) is 0 Å². The van der Waals surface area contributed by atoms with Gasteiger partial charge in [0, 0.05) is 39.1 Å². The van der Waals surface area contributed by atoms with Gasteiger partial charge in [-0.05, 0) is 35.2 Å². The summed E-state index contributed by atoms with van der Waals surface area (Å²) >= 11 is 1.73. The van der Waals surface area contributed by atoms with Gasteiger partial charge in [-0.25, -0.2) is 14.6 Å². The number of aryl methyl sites for hydroxylation is 1. The van der Waals surface area contributed by atoms with Gasteiger partial charge < -0.3 is 14.4 Å². The number of likely N-dealkylation sites (tertiary alicyclic amines) is 1. The van der Waals surface area contributed by atoms with E-state index in [1.54, 1.807) is 39.3 Å². The summed E-state index contributed by atoms with van der Waals surface area (Å²) in [6.07, 6.45) is 3.48. The minimum atomic E-state index is -5.08. The van der Waals surface area contributed by atoms with E-state index >= 15 is 0 Å². The second kappa shape index (κ2) is 10.6. The van der Waals surface area contributed by atoms with E-state index in [1.165, 1.54) is 5.56 Å². The normalized spacial score (nSPS) is 15.0. The van der Waals surface area contributed by atoms with Crippen LogP contribution < -0.4 is 0 Å². The highest BCUT2D eigenvalue weighted by Crippen LogP contribution is 2.19. The number of aliphatic carboxylic acids is 1. The predicted octanol–water partition coefficient (Wildman–Crippen LogP) is 3.12. The first-order valence-electron chi connectivity index (χ1n) is 9.89. The topological polar surface area (TPSA) is 102 Å². The molecule has 0 bridgehead atoms. The summed E-state index contributed by atoms with van der Waals surface area (Å²) < 4.78 is 40.9. The molecule has 0 atom stereocenters. The van der Waals surface area contributed by atoms with Crippen LogP contribution in [-0.2, 0) is 23.1 Å². The number of imidazole rings is 1. The van der Waals surface area contributed by atoms with Crippen molar-refractivity contribution in [2.24, 2.45) is 7.05 Å². The van der Waals surface area contributed by atoms with E-state index in [0.29, 0.717) is 5.69 Å². The van der Waals surface area contributed by atoms with Crippen LogP contribution in [0.1, 0.15) is 28.9 Å². The number of thiophene rings is 1. The highest BCUT2D eigenvalue weighted by Gasteiger charge is 2.38. The molecule has 1 fully saturated rings. The molecule has 0 aromatic carbocycles. The second-order valence-corrected chi connectivity index (χ2v) is 8.13. The minimum Gasteiger partial charge on any atom is -0.475 e. The highest BCUT2D eigenvalue weighted by molar-refractivity contribution is 7.07. The van der Waals surface area contributed by atoms with Crippen LogP contribution in [0.25, 0.3) is 5.69 Å². The zero-order valence-electron chi connectivity index (χ0n) is 17.6. The number of carbonyl (C=O) groups excluding carboxylic acids is 1. The number of halogens is 3. The first-order valence-corrected chi connectivity index (χ1v) is 10.8. The smallest absolute Gasteiger partial charge is 0.475 e. The van der Waals surface area contributed by atoms with Gasteiger partial charge in [-0.2, -0.15) is 29.6 Å². The molecule has 3 aromatic heterocycles. The Labute approximate surface area is 191 Å². The summed E-state index contributed by atoms with van der Waals surface area (Å²) in [5.74, 6) is -3.11. The Kier molecular flexibility index (Phi) is 7.87. The second-order valence-electron chi connectivity index (χ2n) is 7.35. The Morgan fingerprint density at radius 2 is 1.97 bits per heavy atom. The van der Waals surface area contributed by atoms with Crippen molar-refractivity contribution in [3.8, 4) is 5.69 Å². The third kappa shape index (κ3) is 7.15. The molecule has 178 valence electrons. The Morgan fingerprint density at radius 3 is 2.52 bits per heavy atom. The Balaban J connectivity index is 0.000000383. The summed E-state index contributed by atoms with van der Waals surface area (Å²) in [6, 6.07) is 2.16. The average molecular weight is 485 g/mol. The third-order valence-electron chi connectivity index (χ3n) is 4.82. The molecule has 1 aliphatic rings. The van der Waals surface area contributed by atoms with E-state index in [0.717, 1.165) is 38.2 Å². The van der Waals surface area contributed by atoms with Gasteiger partial charge in [0.1, 0.15) is 12.4 Å². The summed E-state index contributed by atoms with van der Waals surface area (Å²) in [5.41, 5.74) is 2.54. The molecule has 1 saturated heterocycles. The van der Waals surface area contributed by atoms with Crippen LogP contribution in [0.5, 0.6) is 0 Å². The molecule has 1 aliphatic heterocycles. The molecule has 9 nitrogen and oxygen atoms in total. The lowest BCUT2D eigenvalue weighted by molar-refractivity contribution is -0.192. The van der Waals surface area contributed by atoms with Gasteiger partial charge in [0.2, 0.25) is 0 Å². The number of hydrogen-bond donors (Lipinski definition) is 1. The monoisotopic (exact) mass is 485 g/mol. The van der Waals surface area contributed by atoms with E-state index in [-0.39, 0.29) is 12.1 Å². The lowest BCUT2D eigenvalue weighted by Crippen LogP contribution is -2.37. The minimum absolute atomic E-state index is 0.0373. The van der Waals surface area contributed by atoms with Crippen molar-refractivity contribution in [3.63, 3.8) is 0 Å². The number of carbonyl (C=O) groups is 2.